The van der Waals surface area contributed by atoms with Gasteiger partial charge in [-0.2, -0.15) is 0 Å². The Morgan fingerprint density at radius 1 is 1.04 bits per heavy atom. The van der Waals surface area contributed by atoms with Gasteiger partial charge in [0.15, 0.2) is 0 Å². The summed E-state index contributed by atoms with van der Waals surface area (Å²) in [5.41, 5.74) is 5.77. The van der Waals surface area contributed by atoms with Crippen LogP contribution in [0.15, 0.2) is 48.5 Å². The van der Waals surface area contributed by atoms with Crippen LogP contribution in [0, 0.1) is 5.92 Å². The van der Waals surface area contributed by atoms with Crippen LogP contribution in [0.4, 0.5) is 4.79 Å². The first-order chi connectivity index (χ1) is 13.7. The summed E-state index contributed by atoms with van der Waals surface area (Å²) in [4.78, 5) is 25.8. The van der Waals surface area contributed by atoms with E-state index in [0.717, 1.165) is 18.7 Å². The van der Waals surface area contributed by atoms with Crippen LogP contribution in [0.1, 0.15) is 46.9 Å². The number of fused-ring (bicyclic) bond motifs is 1. The lowest BCUT2D eigenvalue weighted by Crippen LogP contribution is -2.40. The molecule has 1 saturated heterocycles. The summed E-state index contributed by atoms with van der Waals surface area (Å²) in [6, 6.07) is 17.6. The van der Waals surface area contributed by atoms with Crippen molar-refractivity contribution in [3.05, 3.63) is 70.8 Å². The van der Waals surface area contributed by atoms with E-state index in [4.69, 9.17) is 0 Å². The van der Waals surface area contributed by atoms with Gasteiger partial charge in [-0.25, -0.2) is 0 Å². The minimum absolute atomic E-state index is 0.0488. The molecule has 0 spiro atoms. The molecule has 4 nitrogen and oxygen atoms in total. The van der Waals surface area contributed by atoms with Crippen molar-refractivity contribution in [3.8, 4) is 0 Å². The lowest BCUT2D eigenvalue weighted by Gasteiger charge is -2.45. The number of hydrogen-bond acceptors (Lipinski definition) is 3. The number of carbonyl (C=O) groups excluding carboxylic acids is 2. The third kappa shape index (κ3) is 3.02. The predicted molar refractivity (Wildman–Crippen MR) is 112 cm³/mol. The van der Waals surface area contributed by atoms with Gasteiger partial charge in [0.25, 0.3) is 5.24 Å². The van der Waals surface area contributed by atoms with Crippen LogP contribution in [-0.4, -0.2) is 41.4 Å². The highest BCUT2D eigenvalue weighted by Gasteiger charge is 2.42. The van der Waals surface area contributed by atoms with Gasteiger partial charge in [0.1, 0.15) is 0 Å². The van der Waals surface area contributed by atoms with Crippen LogP contribution in [0.2, 0.25) is 0 Å². The molecule has 2 amide bonds. The van der Waals surface area contributed by atoms with Crippen LogP contribution in [0.25, 0.3) is 0 Å². The molecule has 3 aliphatic carbocycles. The average molecular weight is 393 g/mol. The summed E-state index contributed by atoms with van der Waals surface area (Å²) in [7, 11) is 0. The molecule has 28 heavy (non-hydrogen) atoms. The maximum Gasteiger partial charge on any atom is 0.281 e. The number of rotatable bonds is 5. The molecular weight excluding hydrogens is 368 g/mol. The van der Waals surface area contributed by atoms with Gasteiger partial charge in [-0.15, -0.1) is 0 Å². The number of nitrogens with one attached hydrogen (secondary N) is 1. The first kappa shape index (κ1) is 17.8. The molecule has 1 unspecified atom stereocenters. The maximum atomic E-state index is 12.4. The van der Waals surface area contributed by atoms with Gasteiger partial charge < -0.3 is 10.2 Å². The Bertz CT molecular complexity index is 881. The summed E-state index contributed by atoms with van der Waals surface area (Å²) in [6.45, 7) is 1.99. The SMILES string of the molecule is O=C(CCN1CCSC1=O)NCC1CC2c3ccccc3C1c1ccccc12. The molecule has 6 rings (SSSR count). The Labute approximate surface area is 169 Å². The van der Waals surface area contributed by atoms with E-state index in [1.807, 2.05) is 0 Å². The van der Waals surface area contributed by atoms with Gasteiger partial charge in [-0.1, -0.05) is 60.3 Å². The van der Waals surface area contributed by atoms with Crippen LogP contribution >= 0.6 is 11.8 Å². The summed E-state index contributed by atoms with van der Waals surface area (Å²) >= 11 is 1.34. The van der Waals surface area contributed by atoms with Gasteiger partial charge in [-0.05, 0) is 34.6 Å². The highest BCUT2D eigenvalue weighted by molar-refractivity contribution is 8.13. The van der Waals surface area contributed by atoms with Gasteiger partial charge in [0.2, 0.25) is 5.91 Å². The molecule has 1 atom stereocenters. The molecule has 5 heteroatoms. The molecule has 1 fully saturated rings. The van der Waals surface area contributed by atoms with E-state index in [-0.39, 0.29) is 11.1 Å². The van der Waals surface area contributed by atoms with Crippen molar-refractivity contribution in [1.29, 1.82) is 0 Å². The normalized spacial score (nSPS) is 24.8. The summed E-state index contributed by atoms with van der Waals surface area (Å²) < 4.78 is 0. The van der Waals surface area contributed by atoms with E-state index < -0.39 is 0 Å². The van der Waals surface area contributed by atoms with E-state index >= 15 is 0 Å². The fourth-order valence-corrected chi connectivity index (χ4v) is 6.01. The van der Waals surface area contributed by atoms with E-state index in [0.29, 0.717) is 37.3 Å². The Balaban J connectivity index is 1.28. The molecule has 4 aliphatic rings. The molecule has 1 N–H and O–H groups in total. The quantitative estimate of drug-likeness (QED) is 0.838. The molecule has 2 bridgehead atoms. The molecule has 0 saturated carbocycles. The lowest BCUT2D eigenvalue weighted by molar-refractivity contribution is -0.121. The average Bonchev–Trinajstić information content (AvgIpc) is 3.15. The first-order valence-electron chi connectivity index (χ1n) is 10.1. The Hall–Kier alpha value is -2.27. The molecule has 1 aliphatic heterocycles. The van der Waals surface area contributed by atoms with Gasteiger partial charge >= 0.3 is 0 Å². The Morgan fingerprint density at radius 2 is 1.68 bits per heavy atom. The zero-order chi connectivity index (χ0) is 19.1. The first-order valence-corrected chi connectivity index (χ1v) is 11.1. The third-order valence-corrected chi connectivity index (χ3v) is 7.33. The van der Waals surface area contributed by atoms with Crippen molar-refractivity contribution in [1.82, 2.24) is 10.2 Å². The molecule has 1 heterocycles. The topological polar surface area (TPSA) is 49.4 Å². The number of nitrogens with zero attached hydrogens (tertiary/aromatic N) is 1. The number of amides is 2. The monoisotopic (exact) mass is 392 g/mol. The molecule has 144 valence electrons. The highest BCUT2D eigenvalue weighted by Crippen LogP contribution is 2.55. The largest absolute Gasteiger partial charge is 0.356 e. The second-order valence-electron chi connectivity index (χ2n) is 7.94. The van der Waals surface area contributed by atoms with Crippen molar-refractivity contribution in [3.63, 3.8) is 0 Å². The molecule has 0 aromatic heterocycles. The van der Waals surface area contributed by atoms with Crippen LogP contribution in [0.5, 0.6) is 0 Å². The summed E-state index contributed by atoms with van der Waals surface area (Å²) in [5, 5.41) is 3.26. The highest BCUT2D eigenvalue weighted by atomic mass is 32.2. The van der Waals surface area contributed by atoms with E-state index in [1.165, 1.54) is 34.0 Å². The second-order valence-corrected chi connectivity index (χ2v) is 8.99. The van der Waals surface area contributed by atoms with E-state index in [1.54, 1.807) is 4.90 Å². The van der Waals surface area contributed by atoms with Crippen molar-refractivity contribution in [2.45, 2.75) is 24.7 Å². The fourth-order valence-electron chi connectivity index (χ4n) is 5.16. The standard InChI is InChI=1S/C23H24N2O2S/c26-21(9-10-25-11-12-28-23(25)27)24-14-15-13-20-16-5-1-3-7-18(16)22(15)19-8-4-2-6-17(19)20/h1-8,15,20,22H,9-14H2,(H,24,26). The predicted octanol–water partition coefficient (Wildman–Crippen LogP) is 3.96. The van der Waals surface area contributed by atoms with Crippen molar-refractivity contribution in [2.75, 3.05) is 25.4 Å². The minimum Gasteiger partial charge on any atom is -0.356 e. The minimum atomic E-state index is 0.0488. The van der Waals surface area contributed by atoms with Gasteiger partial charge in [-0.3, -0.25) is 9.59 Å². The molecule has 2 aromatic rings. The number of benzene rings is 2. The summed E-state index contributed by atoms with van der Waals surface area (Å²) in [5.74, 6) is 2.09. The lowest BCUT2D eigenvalue weighted by atomic mass is 9.59. The Morgan fingerprint density at radius 3 is 2.29 bits per heavy atom. The smallest absolute Gasteiger partial charge is 0.281 e. The zero-order valence-corrected chi connectivity index (χ0v) is 16.6. The van der Waals surface area contributed by atoms with E-state index in [2.05, 4.69) is 53.8 Å². The van der Waals surface area contributed by atoms with Gasteiger partial charge in [0.05, 0.1) is 0 Å². The molecular formula is C23H24N2O2S. The number of carbonyl (C=O) groups is 2. The Kier molecular flexibility index (Phi) is 4.63. The van der Waals surface area contributed by atoms with Gasteiger partial charge in [0, 0.05) is 43.6 Å². The summed E-state index contributed by atoms with van der Waals surface area (Å²) in [6.07, 6.45) is 1.47. The van der Waals surface area contributed by atoms with Crippen LogP contribution in [0.3, 0.4) is 0 Å². The van der Waals surface area contributed by atoms with Crippen molar-refractivity contribution in [2.24, 2.45) is 5.92 Å². The maximum absolute atomic E-state index is 12.4. The second kappa shape index (κ2) is 7.28. The van der Waals surface area contributed by atoms with Crippen molar-refractivity contribution < 1.29 is 9.59 Å². The third-order valence-electron chi connectivity index (χ3n) is 6.44. The van der Waals surface area contributed by atoms with Crippen molar-refractivity contribution >= 4 is 22.9 Å². The van der Waals surface area contributed by atoms with E-state index in [9.17, 15) is 9.59 Å². The molecule has 0 radical (unpaired) electrons. The van der Waals surface area contributed by atoms with Crippen LogP contribution in [-0.2, 0) is 4.79 Å². The molecule has 2 aromatic carbocycles. The van der Waals surface area contributed by atoms with Crippen LogP contribution < -0.4 is 5.32 Å². The fraction of sp³-hybridized carbons (Fsp3) is 0.391. The zero-order valence-electron chi connectivity index (χ0n) is 15.8. The number of hydrogen-bond donors (Lipinski definition) is 1. The number of thioether (sulfide) groups is 1.